The third kappa shape index (κ3) is 5.32. The molecule has 1 fully saturated rings. The summed E-state index contributed by atoms with van der Waals surface area (Å²) in [7, 11) is 0. The van der Waals surface area contributed by atoms with Crippen LogP contribution in [-0.4, -0.2) is 37.0 Å². The van der Waals surface area contributed by atoms with E-state index in [1.54, 1.807) is 6.92 Å². The summed E-state index contributed by atoms with van der Waals surface area (Å²) in [6, 6.07) is 9.59. The molecule has 0 aromatic heterocycles. The molecule has 4 nitrogen and oxygen atoms in total. The summed E-state index contributed by atoms with van der Waals surface area (Å²) in [6.45, 7) is 10.6. The number of rotatable bonds is 7. The van der Waals surface area contributed by atoms with Gasteiger partial charge in [-0.25, -0.2) is 0 Å². The number of nitrogens with two attached hydrogens (primary N) is 1. The monoisotopic (exact) mass is 331 g/mol. The number of hydrogen-bond acceptors (Lipinski definition) is 3. The Balaban J connectivity index is 1.75. The maximum atomic E-state index is 12.5. The Morgan fingerprint density at radius 3 is 2.50 bits per heavy atom. The van der Waals surface area contributed by atoms with E-state index in [2.05, 4.69) is 24.1 Å². The molecule has 1 saturated heterocycles. The second kappa shape index (κ2) is 8.63. The van der Waals surface area contributed by atoms with Gasteiger partial charge in [0.15, 0.2) is 0 Å². The Hall–Kier alpha value is -1.39. The first kappa shape index (κ1) is 18.9. The zero-order valence-corrected chi connectivity index (χ0v) is 15.4. The summed E-state index contributed by atoms with van der Waals surface area (Å²) in [6.07, 6.45) is 3.58. The summed E-state index contributed by atoms with van der Waals surface area (Å²) in [5.74, 6) is 1.24. The van der Waals surface area contributed by atoms with E-state index in [1.807, 2.05) is 30.3 Å². The molecule has 1 aliphatic heterocycles. The summed E-state index contributed by atoms with van der Waals surface area (Å²) in [5, 5.41) is 3.07. The number of benzene rings is 1. The van der Waals surface area contributed by atoms with Gasteiger partial charge in [0.1, 0.15) is 5.54 Å². The maximum absolute atomic E-state index is 12.5. The van der Waals surface area contributed by atoms with Crippen molar-refractivity contribution in [3.05, 3.63) is 35.9 Å². The summed E-state index contributed by atoms with van der Waals surface area (Å²) in [5.41, 5.74) is 6.15. The minimum absolute atomic E-state index is 0.0871. The Kier molecular flexibility index (Phi) is 6.81. The number of nitrogens with one attached hydrogen (secondary N) is 1. The van der Waals surface area contributed by atoms with E-state index >= 15 is 0 Å². The number of carbonyl (C=O) groups excluding carboxylic acids is 1. The van der Waals surface area contributed by atoms with Gasteiger partial charge in [-0.2, -0.15) is 0 Å². The summed E-state index contributed by atoms with van der Waals surface area (Å²) >= 11 is 0. The highest BCUT2D eigenvalue weighted by molar-refractivity contribution is 5.86. The van der Waals surface area contributed by atoms with Gasteiger partial charge in [-0.15, -0.1) is 0 Å². The zero-order valence-electron chi connectivity index (χ0n) is 15.4. The molecule has 24 heavy (non-hydrogen) atoms. The SMILES string of the molecule is CC(C)CCN1CCC(CNC(=O)C(C)(N)c2ccccc2)CC1. The number of hydrogen-bond donors (Lipinski definition) is 2. The minimum atomic E-state index is -0.973. The first-order valence-corrected chi connectivity index (χ1v) is 9.24. The van der Waals surface area contributed by atoms with Crippen molar-refractivity contribution in [3.8, 4) is 0 Å². The van der Waals surface area contributed by atoms with Gasteiger partial charge < -0.3 is 16.0 Å². The van der Waals surface area contributed by atoms with E-state index in [4.69, 9.17) is 5.73 Å². The fourth-order valence-corrected chi connectivity index (χ4v) is 3.19. The lowest BCUT2D eigenvalue weighted by atomic mass is 9.91. The number of likely N-dealkylation sites (tertiary alicyclic amines) is 1. The first-order chi connectivity index (χ1) is 11.4. The second-order valence-electron chi connectivity index (χ2n) is 7.75. The van der Waals surface area contributed by atoms with Gasteiger partial charge in [0.2, 0.25) is 5.91 Å². The van der Waals surface area contributed by atoms with Crippen molar-refractivity contribution < 1.29 is 4.79 Å². The number of piperidine rings is 1. The topological polar surface area (TPSA) is 58.4 Å². The highest BCUT2D eigenvalue weighted by Crippen LogP contribution is 2.20. The fourth-order valence-electron chi connectivity index (χ4n) is 3.19. The molecule has 1 amide bonds. The van der Waals surface area contributed by atoms with Crippen LogP contribution in [0.4, 0.5) is 0 Å². The van der Waals surface area contributed by atoms with Crippen LogP contribution < -0.4 is 11.1 Å². The van der Waals surface area contributed by atoms with Crippen LogP contribution in [0, 0.1) is 11.8 Å². The molecule has 0 spiro atoms. The molecule has 1 aromatic rings. The van der Waals surface area contributed by atoms with Crippen molar-refractivity contribution in [2.24, 2.45) is 17.6 Å². The average molecular weight is 332 g/mol. The van der Waals surface area contributed by atoms with Crippen LogP contribution in [0.25, 0.3) is 0 Å². The van der Waals surface area contributed by atoms with E-state index in [9.17, 15) is 4.79 Å². The van der Waals surface area contributed by atoms with E-state index in [-0.39, 0.29) is 5.91 Å². The van der Waals surface area contributed by atoms with Gasteiger partial charge in [-0.3, -0.25) is 4.79 Å². The Labute approximate surface area is 146 Å². The normalized spacial score (nSPS) is 19.2. The van der Waals surface area contributed by atoms with Crippen molar-refractivity contribution in [2.45, 2.75) is 45.6 Å². The molecule has 1 unspecified atom stereocenters. The third-order valence-electron chi connectivity index (χ3n) is 5.13. The maximum Gasteiger partial charge on any atom is 0.244 e. The second-order valence-corrected chi connectivity index (χ2v) is 7.75. The van der Waals surface area contributed by atoms with Crippen molar-refractivity contribution in [1.29, 1.82) is 0 Å². The fraction of sp³-hybridized carbons (Fsp3) is 0.650. The quantitative estimate of drug-likeness (QED) is 0.808. The van der Waals surface area contributed by atoms with Crippen LogP contribution in [0.1, 0.15) is 45.6 Å². The molecule has 3 N–H and O–H groups in total. The standard InChI is InChI=1S/C20H33N3O/c1-16(2)9-12-23-13-10-17(11-14-23)15-22-19(24)20(3,21)18-7-5-4-6-8-18/h4-8,16-17H,9-15,21H2,1-3H3,(H,22,24). The number of amides is 1. The molecule has 2 rings (SSSR count). The smallest absolute Gasteiger partial charge is 0.244 e. The Morgan fingerprint density at radius 1 is 1.29 bits per heavy atom. The molecule has 0 radical (unpaired) electrons. The van der Waals surface area contributed by atoms with Crippen LogP contribution in [0.3, 0.4) is 0 Å². The zero-order chi connectivity index (χ0) is 17.6. The molecular weight excluding hydrogens is 298 g/mol. The van der Waals surface area contributed by atoms with Gasteiger partial charge in [0, 0.05) is 6.54 Å². The van der Waals surface area contributed by atoms with Crippen LogP contribution in [0.2, 0.25) is 0 Å². The summed E-state index contributed by atoms with van der Waals surface area (Å²) in [4.78, 5) is 15.1. The molecule has 1 atom stereocenters. The molecule has 0 bridgehead atoms. The lowest BCUT2D eigenvalue weighted by Crippen LogP contribution is -2.50. The van der Waals surface area contributed by atoms with Gasteiger partial charge >= 0.3 is 0 Å². The lowest BCUT2D eigenvalue weighted by molar-refractivity contribution is -0.126. The molecule has 0 aliphatic carbocycles. The van der Waals surface area contributed by atoms with Crippen molar-refractivity contribution in [2.75, 3.05) is 26.2 Å². The van der Waals surface area contributed by atoms with Crippen molar-refractivity contribution >= 4 is 5.91 Å². The highest BCUT2D eigenvalue weighted by Gasteiger charge is 2.31. The number of nitrogens with zero attached hydrogens (tertiary/aromatic N) is 1. The minimum Gasteiger partial charge on any atom is -0.354 e. The largest absolute Gasteiger partial charge is 0.354 e. The number of carbonyl (C=O) groups is 1. The van der Waals surface area contributed by atoms with Gasteiger partial charge in [-0.05, 0) is 63.2 Å². The molecule has 0 saturated carbocycles. The average Bonchev–Trinajstić information content (AvgIpc) is 2.59. The van der Waals surface area contributed by atoms with Crippen LogP contribution in [0.15, 0.2) is 30.3 Å². The Bertz CT molecular complexity index is 505. The first-order valence-electron chi connectivity index (χ1n) is 9.24. The molecule has 134 valence electrons. The highest BCUT2D eigenvalue weighted by atomic mass is 16.2. The van der Waals surface area contributed by atoms with Gasteiger partial charge in [-0.1, -0.05) is 44.2 Å². The summed E-state index contributed by atoms with van der Waals surface area (Å²) < 4.78 is 0. The molecule has 4 heteroatoms. The van der Waals surface area contributed by atoms with Crippen molar-refractivity contribution in [1.82, 2.24) is 10.2 Å². The van der Waals surface area contributed by atoms with E-state index in [1.165, 1.54) is 13.0 Å². The predicted octanol–water partition coefficient (Wildman–Crippen LogP) is 2.73. The Morgan fingerprint density at radius 2 is 1.92 bits per heavy atom. The van der Waals surface area contributed by atoms with Crippen LogP contribution in [0.5, 0.6) is 0 Å². The molecule has 1 heterocycles. The lowest BCUT2D eigenvalue weighted by Gasteiger charge is -2.33. The van der Waals surface area contributed by atoms with Crippen LogP contribution in [-0.2, 0) is 10.3 Å². The van der Waals surface area contributed by atoms with E-state index in [0.717, 1.165) is 44.0 Å². The van der Waals surface area contributed by atoms with Crippen LogP contribution >= 0.6 is 0 Å². The molecular formula is C20H33N3O. The van der Waals surface area contributed by atoms with Gasteiger partial charge in [0.25, 0.3) is 0 Å². The van der Waals surface area contributed by atoms with E-state index in [0.29, 0.717) is 5.92 Å². The van der Waals surface area contributed by atoms with Gasteiger partial charge in [0.05, 0.1) is 0 Å². The molecule has 1 aliphatic rings. The molecule has 1 aromatic carbocycles. The van der Waals surface area contributed by atoms with E-state index < -0.39 is 5.54 Å². The van der Waals surface area contributed by atoms with Crippen molar-refractivity contribution in [3.63, 3.8) is 0 Å². The predicted molar refractivity (Wildman–Crippen MR) is 99.6 cm³/mol. The third-order valence-corrected chi connectivity index (χ3v) is 5.13.